The van der Waals surface area contributed by atoms with Gasteiger partial charge in [-0.05, 0) is 35.1 Å². The van der Waals surface area contributed by atoms with E-state index < -0.39 is 6.43 Å². The van der Waals surface area contributed by atoms with Crippen molar-refractivity contribution in [3.8, 4) is 0 Å². The molecular formula is C7H5ClF2IN. The molecule has 1 aromatic heterocycles. The Balaban J connectivity index is 3.33. The van der Waals surface area contributed by atoms with E-state index in [0.717, 1.165) is 0 Å². The molecule has 5 heteroatoms. The Hall–Kier alpha value is 0.0300. The summed E-state index contributed by atoms with van der Waals surface area (Å²) >= 11 is 7.41. The van der Waals surface area contributed by atoms with Crippen LogP contribution in [0.15, 0.2) is 6.20 Å². The van der Waals surface area contributed by atoms with Crippen LogP contribution in [-0.4, -0.2) is 4.98 Å². The van der Waals surface area contributed by atoms with Crippen molar-refractivity contribution >= 4 is 34.2 Å². The standard InChI is InChI=1S/C7H5ClF2IN/c1-3-2-12-7(11)4(5(3)8)6(9)10/h2,6H,1H3. The molecule has 0 radical (unpaired) electrons. The molecule has 0 amide bonds. The highest BCUT2D eigenvalue weighted by Gasteiger charge is 2.18. The Morgan fingerprint density at radius 3 is 2.58 bits per heavy atom. The minimum atomic E-state index is -2.56. The molecule has 0 saturated carbocycles. The van der Waals surface area contributed by atoms with Crippen molar-refractivity contribution in [2.75, 3.05) is 0 Å². The molecule has 0 aliphatic carbocycles. The molecule has 0 spiro atoms. The van der Waals surface area contributed by atoms with Crippen molar-refractivity contribution in [2.24, 2.45) is 0 Å². The molecule has 1 nitrogen and oxygen atoms in total. The van der Waals surface area contributed by atoms with E-state index >= 15 is 0 Å². The molecule has 0 aliphatic heterocycles. The number of alkyl halides is 2. The molecule has 0 N–H and O–H groups in total. The Bertz CT molecular complexity index is 304. The fourth-order valence-electron chi connectivity index (χ4n) is 0.769. The predicted molar refractivity (Wildman–Crippen MR) is 51.7 cm³/mol. The van der Waals surface area contributed by atoms with Crippen LogP contribution in [0.25, 0.3) is 0 Å². The summed E-state index contributed by atoms with van der Waals surface area (Å²) < 4.78 is 24.9. The quantitative estimate of drug-likeness (QED) is 0.571. The van der Waals surface area contributed by atoms with Gasteiger partial charge in [-0.15, -0.1) is 0 Å². The van der Waals surface area contributed by atoms with E-state index in [4.69, 9.17) is 11.6 Å². The van der Waals surface area contributed by atoms with Crippen molar-refractivity contribution in [3.63, 3.8) is 0 Å². The van der Waals surface area contributed by atoms with Crippen molar-refractivity contribution < 1.29 is 8.78 Å². The van der Waals surface area contributed by atoms with Crippen molar-refractivity contribution in [2.45, 2.75) is 13.3 Å². The third kappa shape index (κ3) is 1.85. The highest BCUT2D eigenvalue weighted by atomic mass is 127. The summed E-state index contributed by atoms with van der Waals surface area (Å²) in [6.45, 7) is 1.65. The molecule has 0 bridgehead atoms. The fraction of sp³-hybridized carbons (Fsp3) is 0.286. The van der Waals surface area contributed by atoms with Crippen LogP contribution in [-0.2, 0) is 0 Å². The van der Waals surface area contributed by atoms with Crippen molar-refractivity contribution in [3.05, 3.63) is 26.0 Å². The summed E-state index contributed by atoms with van der Waals surface area (Å²) in [5.41, 5.74) is 0.407. The van der Waals surface area contributed by atoms with Gasteiger partial charge in [0.05, 0.1) is 10.6 Å². The molecule has 0 fully saturated rings. The zero-order valence-corrected chi connectivity index (χ0v) is 9.03. The van der Waals surface area contributed by atoms with E-state index in [1.807, 2.05) is 0 Å². The predicted octanol–water partition coefficient (Wildman–Crippen LogP) is 3.59. The maximum Gasteiger partial charge on any atom is 0.267 e. The lowest BCUT2D eigenvalue weighted by molar-refractivity contribution is 0.150. The van der Waals surface area contributed by atoms with Crippen molar-refractivity contribution in [1.82, 2.24) is 4.98 Å². The number of aromatic nitrogens is 1. The summed E-state index contributed by atoms with van der Waals surface area (Å²) in [6, 6.07) is 0. The molecule has 0 atom stereocenters. The first kappa shape index (κ1) is 10.1. The summed E-state index contributed by atoms with van der Waals surface area (Å²) in [7, 11) is 0. The number of rotatable bonds is 1. The van der Waals surface area contributed by atoms with Crippen LogP contribution >= 0.6 is 34.2 Å². The largest absolute Gasteiger partial charge is 0.267 e. The summed E-state index contributed by atoms with van der Waals surface area (Å²) in [4.78, 5) is 3.78. The lowest BCUT2D eigenvalue weighted by Gasteiger charge is -2.06. The minimum Gasteiger partial charge on any atom is -0.249 e. The smallest absolute Gasteiger partial charge is 0.249 e. The second-order valence-electron chi connectivity index (χ2n) is 2.26. The molecule has 12 heavy (non-hydrogen) atoms. The number of hydrogen-bond acceptors (Lipinski definition) is 1. The molecule has 0 unspecified atom stereocenters. The summed E-state index contributed by atoms with van der Waals surface area (Å²) in [5, 5.41) is 0.115. The molecule has 1 aromatic rings. The molecule has 0 aromatic carbocycles. The molecule has 0 aliphatic rings. The number of halogens is 4. The molecule has 66 valence electrons. The van der Waals surface area contributed by atoms with Gasteiger partial charge in [-0.2, -0.15) is 0 Å². The van der Waals surface area contributed by atoms with Crippen LogP contribution in [0.1, 0.15) is 17.6 Å². The molecule has 1 heterocycles. The Kier molecular flexibility index (Phi) is 3.22. The Labute approximate surface area is 87.3 Å². The van der Waals surface area contributed by atoms with Gasteiger partial charge in [-0.1, -0.05) is 11.6 Å². The number of nitrogens with zero attached hydrogens (tertiary/aromatic N) is 1. The average molecular weight is 303 g/mol. The van der Waals surface area contributed by atoms with E-state index in [9.17, 15) is 8.78 Å². The van der Waals surface area contributed by atoms with Crippen LogP contribution in [0.3, 0.4) is 0 Å². The zero-order valence-electron chi connectivity index (χ0n) is 6.11. The molecular weight excluding hydrogens is 298 g/mol. The first-order valence-corrected chi connectivity index (χ1v) is 4.58. The van der Waals surface area contributed by atoms with Gasteiger partial charge in [-0.3, -0.25) is 0 Å². The van der Waals surface area contributed by atoms with Crippen LogP contribution in [0.4, 0.5) is 8.78 Å². The van der Waals surface area contributed by atoms with Gasteiger partial charge >= 0.3 is 0 Å². The lowest BCUT2D eigenvalue weighted by atomic mass is 10.2. The normalized spacial score (nSPS) is 10.8. The van der Waals surface area contributed by atoms with Gasteiger partial charge in [0.1, 0.15) is 3.70 Å². The monoisotopic (exact) mass is 303 g/mol. The van der Waals surface area contributed by atoms with Gasteiger partial charge in [0.25, 0.3) is 6.43 Å². The molecule has 0 saturated heterocycles. The van der Waals surface area contributed by atoms with Gasteiger partial charge in [0.2, 0.25) is 0 Å². The summed E-state index contributed by atoms with van der Waals surface area (Å²) in [6.07, 6.45) is -1.08. The van der Waals surface area contributed by atoms with Crippen LogP contribution in [0, 0.1) is 10.6 Å². The fourth-order valence-corrected chi connectivity index (χ4v) is 1.79. The van der Waals surface area contributed by atoms with E-state index in [0.29, 0.717) is 5.56 Å². The number of hydrogen-bond donors (Lipinski definition) is 0. The van der Waals surface area contributed by atoms with Gasteiger partial charge < -0.3 is 0 Å². The van der Waals surface area contributed by atoms with Gasteiger partial charge in [-0.25, -0.2) is 13.8 Å². The van der Waals surface area contributed by atoms with Gasteiger partial charge in [0.15, 0.2) is 0 Å². The molecule has 1 rings (SSSR count). The first-order valence-electron chi connectivity index (χ1n) is 3.12. The van der Waals surface area contributed by atoms with E-state index in [-0.39, 0.29) is 14.3 Å². The second kappa shape index (κ2) is 3.83. The van der Waals surface area contributed by atoms with E-state index in [1.165, 1.54) is 6.20 Å². The lowest BCUT2D eigenvalue weighted by Crippen LogP contribution is -1.96. The maximum atomic E-state index is 12.3. The topological polar surface area (TPSA) is 12.9 Å². The zero-order chi connectivity index (χ0) is 9.30. The highest BCUT2D eigenvalue weighted by Crippen LogP contribution is 2.31. The third-order valence-corrected chi connectivity index (χ3v) is 2.76. The average Bonchev–Trinajstić information content (AvgIpc) is 1.97. The van der Waals surface area contributed by atoms with Crippen LogP contribution in [0.2, 0.25) is 5.02 Å². The van der Waals surface area contributed by atoms with Crippen LogP contribution < -0.4 is 0 Å². The Morgan fingerprint density at radius 1 is 1.58 bits per heavy atom. The first-order chi connectivity index (χ1) is 5.54. The van der Waals surface area contributed by atoms with E-state index in [2.05, 4.69) is 4.98 Å². The summed E-state index contributed by atoms with van der Waals surface area (Å²) in [5.74, 6) is 0. The maximum absolute atomic E-state index is 12.3. The van der Waals surface area contributed by atoms with Crippen LogP contribution in [0.5, 0.6) is 0 Å². The SMILES string of the molecule is Cc1cnc(I)c(C(F)F)c1Cl. The highest BCUT2D eigenvalue weighted by molar-refractivity contribution is 14.1. The third-order valence-electron chi connectivity index (χ3n) is 1.39. The van der Waals surface area contributed by atoms with Gasteiger partial charge in [0, 0.05) is 6.20 Å². The number of aryl methyl sites for hydroxylation is 1. The Morgan fingerprint density at radius 2 is 2.17 bits per heavy atom. The minimum absolute atomic E-state index is 0.115. The van der Waals surface area contributed by atoms with E-state index in [1.54, 1.807) is 29.5 Å². The number of pyridine rings is 1. The van der Waals surface area contributed by atoms with Crippen molar-refractivity contribution in [1.29, 1.82) is 0 Å². The second-order valence-corrected chi connectivity index (χ2v) is 3.66.